The van der Waals surface area contributed by atoms with Gasteiger partial charge in [-0.3, -0.25) is 4.57 Å². The molecule has 0 saturated heterocycles. The summed E-state index contributed by atoms with van der Waals surface area (Å²) >= 11 is 3.39. The van der Waals surface area contributed by atoms with E-state index in [2.05, 4.69) is 20.9 Å². The molecule has 0 unspecified atom stereocenters. The molecule has 0 spiro atoms. The number of nitrogens with one attached hydrogen (secondary N) is 1. The number of aromatic amines is 1. The summed E-state index contributed by atoms with van der Waals surface area (Å²) in [5.41, 5.74) is 2.24. The fourth-order valence-corrected chi connectivity index (χ4v) is 2.45. The Labute approximate surface area is 117 Å². The number of benzene rings is 2. The summed E-state index contributed by atoms with van der Waals surface area (Å²) in [5, 5.41) is 0. The topological polar surface area (TPSA) is 47.0 Å². The lowest BCUT2D eigenvalue weighted by molar-refractivity contribution is 0.414. The van der Waals surface area contributed by atoms with Crippen molar-refractivity contribution >= 4 is 27.0 Å². The highest BCUT2D eigenvalue weighted by atomic mass is 79.9. The minimum atomic E-state index is -0.165. The van der Waals surface area contributed by atoms with Crippen LogP contribution in [0.5, 0.6) is 5.75 Å². The zero-order valence-electron chi connectivity index (χ0n) is 10.2. The van der Waals surface area contributed by atoms with Gasteiger partial charge in [0, 0.05) is 10.5 Å². The summed E-state index contributed by atoms with van der Waals surface area (Å²) in [7, 11) is 1.61. The van der Waals surface area contributed by atoms with Crippen molar-refractivity contribution in [2.24, 2.45) is 0 Å². The van der Waals surface area contributed by atoms with E-state index in [4.69, 9.17) is 4.74 Å². The molecule has 3 aromatic rings. The largest absolute Gasteiger partial charge is 0.497 e. The van der Waals surface area contributed by atoms with Crippen LogP contribution in [-0.2, 0) is 0 Å². The van der Waals surface area contributed by atoms with Gasteiger partial charge in [0.15, 0.2) is 0 Å². The lowest BCUT2D eigenvalue weighted by Gasteiger charge is -2.05. The Morgan fingerprint density at radius 2 is 2.05 bits per heavy atom. The molecular formula is C14H11BrN2O2. The summed E-state index contributed by atoms with van der Waals surface area (Å²) in [6, 6.07) is 13.1. The smallest absolute Gasteiger partial charge is 0.331 e. The average molecular weight is 319 g/mol. The third kappa shape index (κ3) is 2.06. The molecule has 2 aromatic carbocycles. The number of aromatic nitrogens is 2. The van der Waals surface area contributed by atoms with Crippen LogP contribution in [0.15, 0.2) is 51.7 Å². The number of halogens is 1. The highest BCUT2D eigenvalue weighted by molar-refractivity contribution is 9.10. The van der Waals surface area contributed by atoms with Gasteiger partial charge in [-0.05, 0) is 30.3 Å². The zero-order valence-corrected chi connectivity index (χ0v) is 11.8. The Bertz CT molecular complexity index is 805. The molecule has 5 heteroatoms. The molecule has 1 heterocycles. The van der Waals surface area contributed by atoms with Crippen LogP contribution in [-0.4, -0.2) is 16.7 Å². The molecule has 0 atom stereocenters. The van der Waals surface area contributed by atoms with E-state index in [1.54, 1.807) is 11.7 Å². The maximum atomic E-state index is 12.1. The zero-order chi connectivity index (χ0) is 13.4. The number of imidazole rings is 1. The van der Waals surface area contributed by atoms with E-state index in [-0.39, 0.29) is 5.69 Å². The molecular weight excluding hydrogens is 308 g/mol. The normalized spacial score (nSPS) is 10.8. The fraction of sp³-hybridized carbons (Fsp3) is 0.0714. The minimum Gasteiger partial charge on any atom is -0.497 e. The number of hydrogen-bond donors (Lipinski definition) is 1. The molecule has 0 aliphatic rings. The molecule has 1 aromatic heterocycles. The van der Waals surface area contributed by atoms with E-state index < -0.39 is 0 Å². The van der Waals surface area contributed by atoms with Gasteiger partial charge in [-0.25, -0.2) is 4.79 Å². The van der Waals surface area contributed by atoms with Gasteiger partial charge in [0.2, 0.25) is 0 Å². The lowest BCUT2D eigenvalue weighted by Crippen LogP contribution is -2.14. The van der Waals surface area contributed by atoms with Gasteiger partial charge in [-0.15, -0.1) is 0 Å². The first-order chi connectivity index (χ1) is 9.19. The van der Waals surface area contributed by atoms with Gasteiger partial charge < -0.3 is 9.72 Å². The van der Waals surface area contributed by atoms with Crippen molar-refractivity contribution in [3.8, 4) is 11.4 Å². The molecule has 0 amide bonds. The molecule has 0 aliphatic carbocycles. The number of methoxy groups -OCH3 is 1. The van der Waals surface area contributed by atoms with Crippen molar-refractivity contribution in [2.75, 3.05) is 7.11 Å². The number of H-pyrrole nitrogens is 1. The van der Waals surface area contributed by atoms with Gasteiger partial charge in [-0.2, -0.15) is 0 Å². The van der Waals surface area contributed by atoms with Crippen LogP contribution in [0, 0.1) is 0 Å². The lowest BCUT2D eigenvalue weighted by atomic mass is 10.2. The molecule has 96 valence electrons. The van der Waals surface area contributed by atoms with Crippen molar-refractivity contribution in [1.82, 2.24) is 9.55 Å². The van der Waals surface area contributed by atoms with Crippen LogP contribution >= 0.6 is 15.9 Å². The summed E-state index contributed by atoms with van der Waals surface area (Å²) in [6.07, 6.45) is 0. The van der Waals surface area contributed by atoms with E-state index in [1.165, 1.54) is 0 Å². The molecule has 0 aliphatic heterocycles. The predicted octanol–water partition coefficient (Wildman–Crippen LogP) is 3.09. The third-order valence-electron chi connectivity index (χ3n) is 2.96. The molecule has 0 radical (unpaired) electrons. The Morgan fingerprint density at radius 3 is 2.84 bits per heavy atom. The van der Waals surface area contributed by atoms with Crippen molar-refractivity contribution in [2.45, 2.75) is 0 Å². The first kappa shape index (κ1) is 12.0. The number of fused-ring (bicyclic) bond motifs is 1. The Balaban J connectivity index is 2.29. The van der Waals surface area contributed by atoms with Crippen molar-refractivity contribution in [3.05, 3.63) is 57.4 Å². The second-order valence-corrected chi connectivity index (χ2v) is 5.04. The van der Waals surface area contributed by atoms with Crippen LogP contribution in [0.4, 0.5) is 0 Å². The van der Waals surface area contributed by atoms with Crippen LogP contribution < -0.4 is 10.4 Å². The number of hydrogen-bond acceptors (Lipinski definition) is 2. The highest BCUT2D eigenvalue weighted by Gasteiger charge is 2.09. The number of nitrogens with zero attached hydrogens (tertiary/aromatic N) is 1. The van der Waals surface area contributed by atoms with Crippen LogP contribution in [0.3, 0.4) is 0 Å². The summed E-state index contributed by atoms with van der Waals surface area (Å²) in [4.78, 5) is 14.9. The summed E-state index contributed by atoms with van der Waals surface area (Å²) in [6.45, 7) is 0. The van der Waals surface area contributed by atoms with E-state index in [1.807, 2.05) is 42.5 Å². The van der Waals surface area contributed by atoms with Crippen molar-refractivity contribution in [3.63, 3.8) is 0 Å². The van der Waals surface area contributed by atoms with Gasteiger partial charge in [0.05, 0.1) is 23.8 Å². The molecule has 0 fully saturated rings. The maximum absolute atomic E-state index is 12.1. The summed E-state index contributed by atoms with van der Waals surface area (Å²) < 4.78 is 7.75. The molecule has 1 N–H and O–H groups in total. The number of ether oxygens (including phenoxy) is 1. The highest BCUT2D eigenvalue weighted by Crippen LogP contribution is 2.21. The maximum Gasteiger partial charge on any atom is 0.331 e. The molecule has 0 saturated carbocycles. The summed E-state index contributed by atoms with van der Waals surface area (Å²) in [5.74, 6) is 0.718. The van der Waals surface area contributed by atoms with E-state index in [9.17, 15) is 4.79 Å². The molecule has 19 heavy (non-hydrogen) atoms. The van der Waals surface area contributed by atoms with E-state index in [0.29, 0.717) is 0 Å². The Hall–Kier alpha value is -2.01. The van der Waals surface area contributed by atoms with Gasteiger partial charge in [0.25, 0.3) is 0 Å². The second-order valence-electron chi connectivity index (χ2n) is 4.13. The molecule has 0 bridgehead atoms. The van der Waals surface area contributed by atoms with Crippen LogP contribution in [0.25, 0.3) is 16.7 Å². The first-order valence-corrected chi connectivity index (χ1v) is 6.53. The predicted molar refractivity (Wildman–Crippen MR) is 78.1 cm³/mol. The van der Waals surface area contributed by atoms with Crippen molar-refractivity contribution < 1.29 is 4.74 Å². The Kier molecular flexibility index (Phi) is 2.91. The third-order valence-corrected chi connectivity index (χ3v) is 3.45. The van der Waals surface area contributed by atoms with E-state index in [0.717, 1.165) is 26.9 Å². The minimum absolute atomic E-state index is 0.165. The van der Waals surface area contributed by atoms with Gasteiger partial charge in [0.1, 0.15) is 5.75 Å². The average Bonchev–Trinajstić information content (AvgIpc) is 2.73. The molecule has 3 rings (SSSR count). The monoisotopic (exact) mass is 318 g/mol. The fourth-order valence-electron chi connectivity index (χ4n) is 2.09. The molecule has 4 nitrogen and oxygen atoms in total. The number of rotatable bonds is 2. The van der Waals surface area contributed by atoms with Crippen LogP contribution in [0.1, 0.15) is 0 Å². The second kappa shape index (κ2) is 4.59. The SMILES string of the molecule is COc1cccc(-n2c(=O)[nH]c3cc(Br)ccc32)c1. The van der Waals surface area contributed by atoms with E-state index >= 15 is 0 Å². The van der Waals surface area contributed by atoms with Gasteiger partial charge >= 0.3 is 5.69 Å². The quantitative estimate of drug-likeness (QED) is 0.789. The Morgan fingerprint density at radius 1 is 1.21 bits per heavy atom. The van der Waals surface area contributed by atoms with Gasteiger partial charge in [-0.1, -0.05) is 22.0 Å². The van der Waals surface area contributed by atoms with Crippen LogP contribution in [0.2, 0.25) is 0 Å². The van der Waals surface area contributed by atoms with Crippen molar-refractivity contribution in [1.29, 1.82) is 0 Å². The standard InChI is InChI=1S/C14H11BrN2O2/c1-19-11-4-2-3-10(8-11)17-13-6-5-9(15)7-12(13)16-14(17)18/h2-8H,1H3,(H,16,18). The first-order valence-electron chi connectivity index (χ1n) is 5.74.